The number of rotatable bonds is 3. The Morgan fingerprint density at radius 3 is 2.86 bits per heavy atom. The Kier molecular flexibility index (Phi) is 3.79. The molecule has 0 saturated carbocycles. The quantitative estimate of drug-likeness (QED) is 0.882. The summed E-state index contributed by atoms with van der Waals surface area (Å²) in [6.07, 6.45) is 5.53. The number of H-pyrrole nitrogens is 1. The Bertz CT molecular complexity index is 839. The van der Waals surface area contributed by atoms with Crippen LogP contribution in [-0.4, -0.2) is 52.0 Å². The number of aromatic nitrogens is 3. The van der Waals surface area contributed by atoms with Crippen molar-refractivity contribution in [2.75, 3.05) is 20.6 Å². The van der Waals surface area contributed by atoms with E-state index in [0.29, 0.717) is 24.4 Å². The predicted octanol–water partition coefficient (Wildman–Crippen LogP) is 0.356. The van der Waals surface area contributed by atoms with Crippen molar-refractivity contribution in [2.24, 2.45) is 0 Å². The van der Waals surface area contributed by atoms with Crippen LogP contribution in [0.2, 0.25) is 0 Å². The third-order valence-corrected chi connectivity index (χ3v) is 5.94. The molecule has 2 aromatic heterocycles. The first-order valence-corrected chi connectivity index (χ1v) is 8.56. The van der Waals surface area contributed by atoms with Gasteiger partial charge in [0.05, 0.1) is 6.04 Å². The van der Waals surface area contributed by atoms with Crippen LogP contribution in [0.3, 0.4) is 0 Å². The lowest BCUT2D eigenvalue weighted by molar-refractivity contribution is 0.238. The van der Waals surface area contributed by atoms with E-state index in [9.17, 15) is 13.2 Å². The topological polar surface area (TPSA) is 90.8 Å². The molecule has 0 aromatic carbocycles. The highest BCUT2D eigenvalue weighted by Gasteiger charge is 2.35. The molecule has 1 fully saturated rings. The van der Waals surface area contributed by atoms with Crippen LogP contribution in [0.4, 0.5) is 0 Å². The van der Waals surface area contributed by atoms with Gasteiger partial charge in [0.25, 0.3) is 15.8 Å². The Hall–Kier alpha value is -1.71. The molecule has 0 aliphatic carbocycles. The van der Waals surface area contributed by atoms with Crippen LogP contribution in [0.1, 0.15) is 31.0 Å². The van der Waals surface area contributed by atoms with E-state index in [0.717, 1.165) is 12.8 Å². The number of fused-ring (bicyclic) bond motifs is 1. The third-order valence-electron chi connectivity index (χ3n) is 3.98. The minimum atomic E-state index is -3.53. The van der Waals surface area contributed by atoms with Gasteiger partial charge < -0.3 is 4.98 Å². The molecule has 1 unspecified atom stereocenters. The van der Waals surface area contributed by atoms with Gasteiger partial charge in [-0.1, -0.05) is 6.42 Å². The fourth-order valence-corrected chi connectivity index (χ4v) is 4.14. The van der Waals surface area contributed by atoms with Crippen LogP contribution in [0.5, 0.6) is 0 Å². The molecule has 0 bridgehead atoms. The molecule has 0 amide bonds. The van der Waals surface area contributed by atoms with E-state index in [-0.39, 0.29) is 11.6 Å². The third kappa shape index (κ3) is 2.44. The summed E-state index contributed by atoms with van der Waals surface area (Å²) in [4.78, 5) is 19.3. The van der Waals surface area contributed by atoms with Crippen molar-refractivity contribution in [3.05, 3.63) is 34.5 Å². The lowest BCUT2D eigenvalue weighted by Crippen LogP contribution is -2.45. The number of hydrogen-bond donors (Lipinski definition) is 1. The van der Waals surface area contributed by atoms with Crippen molar-refractivity contribution < 1.29 is 8.42 Å². The molecule has 2 aromatic rings. The van der Waals surface area contributed by atoms with Gasteiger partial charge in [0.15, 0.2) is 0 Å². The number of piperidine rings is 1. The average Bonchev–Trinajstić information content (AvgIpc) is 2.96. The molecule has 1 atom stereocenters. The van der Waals surface area contributed by atoms with Crippen molar-refractivity contribution in [1.29, 1.82) is 0 Å². The fraction of sp³-hybridized carbons (Fsp3) is 0.538. The molecule has 3 rings (SSSR count). The van der Waals surface area contributed by atoms with Gasteiger partial charge in [-0.25, -0.2) is 4.98 Å². The maximum absolute atomic E-state index is 12.5. The zero-order valence-electron chi connectivity index (χ0n) is 12.6. The first kappa shape index (κ1) is 15.2. The molecule has 22 heavy (non-hydrogen) atoms. The SMILES string of the molecule is CN(C)S(=O)(=O)N1CCCCC1c1cc(=O)n2ccnc2[nH]1. The van der Waals surface area contributed by atoms with E-state index in [1.54, 1.807) is 6.20 Å². The van der Waals surface area contributed by atoms with Crippen LogP contribution < -0.4 is 5.56 Å². The van der Waals surface area contributed by atoms with Gasteiger partial charge in [-0.3, -0.25) is 9.20 Å². The normalized spacial score (nSPS) is 20.8. The van der Waals surface area contributed by atoms with Gasteiger partial charge in [0.1, 0.15) is 0 Å². The summed E-state index contributed by atoms with van der Waals surface area (Å²) in [5, 5.41) is 0. The molecule has 3 heterocycles. The Morgan fingerprint density at radius 2 is 2.14 bits per heavy atom. The van der Waals surface area contributed by atoms with E-state index in [1.807, 2.05) is 0 Å². The van der Waals surface area contributed by atoms with Crippen molar-refractivity contribution >= 4 is 16.0 Å². The molecule has 8 nitrogen and oxygen atoms in total. The number of imidazole rings is 1. The first-order chi connectivity index (χ1) is 10.4. The summed E-state index contributed by atoms with van der Waals surface area (Å²) in [7, 11) is -0.502. The van der Waals surface area contributed by atoms with E-state index in [1.165, 1.54) is 39.4 Å². The van der Waals surface area contributed by atoms with Gasteiger partial charge in [0.2, 0.25) is 5.78 Å². The van der Waals surface area contributed by atoms with Crippen LogP contribution in [-0.2, 0) is 10.2 Å². The molecular formula is C13H19N5O3S. The fourth-order valence-electron chi connectivity index (χ4n) is 2.82. The second-order valence-electron chi connectivity index (χ2n) is 5.60. The molecule has 0 radical (unpaired) electrons. The first-order valence-electron chi connectivity index (χ1n) is 7.17. The minimum absolute atomic E-state index is 0.214. The zero-order chi connectivity index (χ0) is 15.9. The Morgan fingerprint density at radius 1 is 1.36 bits per heavy atom. The molecule has 120 valence electrons. The van der Waals surface area contributed by atoms with Gasteiger partial charge in [-0.05, 0) is 12.8 Å². The van der Waals surface area contributed by atoms with Crippen molar-refractivity contribution in [3.8, 4) is 0 Å². The van der Waals surface area contributed by atoms with Crippen LogP contribution in [0.15, 0.2) is 23.3 Å². The number of nitrogens with one attached hydrogen (secondary N) is 1. The van der Waals surface area contributed by atoms with Crippen molar-refractivity contribution in [3.63, 3.8) is 0 Å². The van der Waals surface area contributed by atoms with Crippen LogP contribution in [0, 0.1) is 0 Å². The Labute approximate surface area is 128 Å². The maximum Gasteiger partial charge on any atom is 0.282 e. The smallest absolute Gasteiger partial charge is 0.282 e. The summed E-state index contributed by atoms with van der Waals surface area (Å²) in [5.74, 6) is 0.426. The van der Waals surface area contributed by atoms with Crippen molar-refractivity contribution in [1.82, 2.24) is 23.0 Å². The highest BCUT2D eigenvalue weighted by molar-refractivity contribution is 7.86. The summed E-state index contributed by atoms with van der Waals surface area (Å²) in [6.45, 7) is 0.451. The second kappa shape index (κ2) is 5.49. The summed E-state index contributed by atoms with van der Waals surface area (Å²) in [6, 6.07) is 1.10. The van der Waals surface area contributed by atoms with Gasteiger partial charge in [0, 0.05) is 44.8 Å². The summed E-state index contributed by atoms with van der Waals surface area (Å²) >= 11 is 0. The molecular weight excluding hydrogens is 306 g/mol. The monoisotopic (exact) mass is 325 g/mol. The molecule has 1 aliphatic rings. The second-order valence-corrected chi connectivity index (χ2v) is 7.69. The van der Waals surface area contributed by atoms with E-state index < -0.39 is 10.2 Å². The van der Waals surface area contributed by atoms with Gasteiger partial charge >= 0.3 is 0 Å². The molecule has 1 aliphatic heterocycles. The van der Waals surface area contributed by atoms with E-state index in [2.05, 4.69) is 9.97 Å². The zero-order valence-corrected chi connectivity index (χ0v) is 13.4. The number of aromatic amines is 1. The standard InChI is InChI=1S/C13H19N5O3S/c1-16(2)22(20,21)18-7-4-3-5-11(18)10-9-12(19)17-8-6-14-13(17)15-10/h6,8-9,11H,3-5,7H2,1-2H3,(H,14,15). The van der Waals surface area contributed by atoms with Crippen molar-refractivity contribution in [2.45, 2.75) is 25.3 Å². The number of hydrogen-bond acceptors (Lipinski definition) is 4. The maximum atomic E-state index is 12.5. The van der Waals surface area contributed by atoms with Crippen LogP contribution in [0.25, 0.3) is 5.78 Å². The Balaban J connectivity index is 2.08. The number of nitrogens with zero attached hydrogens (tertiary/aromatic N) is 4. The minimum Gasteiger partial charge on any atom is -0.327 e. The molecule has 9 heteroatoms. The average molecular weight is 325 g/mol. The largest absolute Gasteiger partial charge is 0.327 e. The molecule has 1 N–H and O–H groups in total. The van der Waals surface area contributed by atoms with E-state index in [4.69, 9.17) is 0 Å². The molecule has 0 spiro atoms. The van der Waals surface area contributed by atoms with Gasteiger partial charge in [-0.2, -0.15) is 17.0 Å². The highest BCUT2D eigenvalue weighted by Crippen LogP contribution is 2.32. The lowest BCUT2D eigenvalue weighted by atomic mass is 10.0. The summed E-state index contributed by atoms with van der Waals surface area (Å²) in [5.41, 5.74) is 0.378. The molecule has 1 saturated heterocycles. The lowest BCUT2D eigenvalue weighted by Gasteiger charge is -2.36. The summed E-state index contributed by atoms with van der Waals surface area (Å²) < 4.78 is 29.1. The predicted molar refractivity (Wildman–Crippen MR) is 81.7 cm³/mol. The van der Waals surface area contributed by atoms with Crippen LogP contribution >= 0.6 is 0 Å². The van der Waals surface area contributed by atoms with E-state index >= 15 is 0 Å². The highest BCUT2D eigenvalue weighted by atomic mass is 32.2. The van der Waals surface area contributed by atoms with Gasteiger partial charge in [-0.15, -0.1) is 0 Å².